The number of hydrogen-bond donors (Lipinski definition) is 0. The largest absolute Gasteiger partial charge is 0.573 e. The van der Waals surface area contributed by atoms with Gasteiger partial charge >= 0.3 is 6.36 Å². The SMILES string of the molecule is O=Cc1c(OC(F)(F)F)cnc(Br)c1C(F)F. The summed E-state index contributed by atoms with van der Waals surface area (Å²) >= 11 is 2.62. The monoisotopic (exact) mass is 319 g/mol. The molecule has 1 heterocycles. The third-order valence-electron chi connectivity index (χ3n) is 1.63. The second-order valence-corrected chi connectivity index (χ2v) is 3.46. The maximum absolute atomic E-state index is 12.5. The summed E-state index contributed by atoms with van der Waals surface area (Å²) in [7, 11) is 0. The number of aromatic nitrogens is 1. The molecule has 0 N–H and O–H groups in total. The Morgan fingerprint density at radius 1 is 1.41 bits per heavy atom. The molecule has 0 atom stereocenters. The number of halogens is 6. The maximum atomic E-state index is 12.5. The van der Waals surface area contributed by atoms with Gasteiger partial charge in [-0.15, -0.1) is 13.2 Å². The zero-order valence-corrected chi connectivity index (χ0v) is 9.35. The number of rotatable bonds is 3. The standard InChI is InChI=1S/C8H3BrF5NO2/c9-6-5(7(10)11)3(2-16)4(1-15-6)17-8(12,13)14/h1-2,7H. The number of carbonyl (C=O) groups is 1. The molecule has 0 saturated carbocycles. The van der Waals surface area contributed by atoms with Gasteiger partial charge in [0.25, 0.3) is 6.43 Å². The number of ether oxygens (including phenoxy) is 1. The first-order valence-electron chi connectivity index (χ1n) is 3.93. The second kappa shape index (κ2) is 4.94. The molecule has 0 spiro atoms. The summed E-state index contributed by atoms with van der Waals surface area (Å²) < 4.78 is 63.8. The molecule has 94 valence electrons. The van der Waals surface area contributed by atoms with Gasteiger partial charge in [0.05, 0.1) is 17.3 Å². The predicted octanol–water partition coefficient (Wildman–Crippen LogP) is 3.49. The number of nitrogens with zero attached hydrogens (tertiary/aromatic N) is 1. The fourth-order valence-corrected chi connectivity index (χ4v) is 1.52. The van der Waals surface area contributed by atoms with E-state index in [1.54, 1.807) is 0 Å². The molecule has 9 heteroatoms. The predicted molar refractivity (Wildman–Crippen MR) is 49.0 cm³/mol. The second-order valence-electron chi connectivity index (χ2n) is 2.71. The fourth-order valence-electron chi connectivity index (χ4n) is 1.03. The van der Waals surface area contributed by atoms with Crippen molar-refractivity contribution in [2.75, 3.05) is 0 Å². The summed E-state index contributed by atoms with van der Waals surface area (Å²) in [6, 6.07) is 0. The smallest absolute Gasteiger partial charge is 0.403 e. The van der Waals surface area contributed by atoms with Gasteiger partial charge in [-0.05, 0) is 15.9 Å². The maximum Gasteiger partial charge on any atom is 0.573 e. The molecule has 0 unspecified atom stereocenters. The molecule has 0 aromatic carbocycles. The van der Waals surface area contributed by atoms with Crippen molar-refractivity contribution in [1.29, 1.82) is 0 Å². The Kier molecular flexibility index (Phi) is 4.02. The van der Waals surface area contributed by atoms with Crippen molar-refractivity contribution in [2.24, 2.45) is 0 Å². The molecular weight excluding hydrogens is 317 g/mol. The third-order valence-corrected chi connectivity index (χ3v) is 2.27. The molecule has 0 amide bonds. The lowest BCUT2D eigenvalue weighted by atomic mass is 10.1. The van der Waals surface area contributed by atoms with Gasteiger partial charge in [-0.1, -0.05) is 0 Å². The van der Waals surface area contributed by atoms with Crippen molar-refractivity contribution >= 4 is 22.2 Å². The van der Waals surface area contributed by atoms with E-state index in [1.165, 1.54) is 0 Å². The molecule has 1 aromatic rings. The molecule has 3 nitrogen and oxygen atoms in total. The Morgan fingerprint density at radius 2 is 2.00 bits per heavy atom. The van der Waals surface area contributed by atoms with E-state index >= 15 is 0 Å². The van der Waals surface area contributed by atoms with Crippen LogP contribution in [-0.4, -0.2) is 17.6 Å². The van der Waals surface area contributed by atoms with Crippen LogP contribution in [0.5, 0.6) is 5.75 Å². The highest BCUT2D eigenvalue weighted by atomic mass is 79.9. The first-order valence-corrected chi connectivity index (χ1v) is 4.73. The van der Waals surface area contributed by atoms with Gasteiger partial charge in [-0.25, -0.2) is 13.8 Å². The summed E-state index contributed by atoms with van der Waals surface area (Å²) in [5.74, 6) is -1.06. The molecule has 0 fully saturated rings. The van der Waals surface area contributed by atoms with Crippen LogP contribution in [-0.2, 0) is 0 Å². The van der Waals surface area contributed by atoms with Crippen LogP contribution in [0.2, 0.25) is 0 Å². The molecule has 0 aliphatic heterocycles. The van der Waals surface area contributed by atoms with Crippen LogP contribution < -0.4 is 4.74 Å². The first-order chi connectivity index (χ1) is 7.76. The molecule has 0 bridgehead atoms. The van der Waals surface area contributed by atoms with Gasteiger partial charge < -0.3 is 4.74 Å². The highest BCUT2D eigenvalue weighted by molar-refractivity contribution is 9.10. The van der Waals surface area contributed by atoms with Gasteiger partial charge in [0, 0.05) is 0 Å². The van der Waals surface area contributed by atoms with E-state index in [4.69, 9.17) is 0 Å². The average Bonchev–Trinajstić information content (AvgIpc) is 2.17. The van der Waals surface area contributed by atoms with Crippen LogP contribution in [0.25, 0.3) is 0 Å². The molecule has 0 saturated heterocycles. The number of alkyl halides is 5. The quantitative estimate of drug-likeness (QED) is 0.486. The van der Waals surface area contributed by atoms with Crippen molar-refractivity contribution < 1.29 is 31.5 Å². The van der Waals surface area contributed by atoms with Gasteiger partial charge in [-0.2, -0.15) is 0 Å². The van der Waals surface area contributed by atoms with Crippen LogP contribution in [0.3, 0.4) is 0 Å². The van der Waals surface area contributed by atoms with Crippen molar-refractivity contribution in [3.05, 3.63) is 21.9 Å². The summed E-state index contributed by atoms with van der Waals surface area (Å²) in [5.41, 5.74) is -1.83. The average molecular weight is 320 g/mol. The normalized spacial score (nSPS) is 11.7. The zero-order valence-electron chi connectivity index (χ0n) is 7.76. The lowest BCUT2D eigenvalue weighted by molar-refractivity contribution is -0.274. The highest BCUT2D eigenvalue weighted by Crippen LogP contribution is 2.35. The van der Waals surface area contributed by atoms with Gasteiger partial charge in [-0.3, -0.25) is 4.79 Å². The lowest BCUT2D eigenvalue weighted by Crippen LogP contribution is -2.19. The molecule has 0 aliphatic carbocycles. The van der Waals surface area contributed by atoms with Gasteiger partial charge in [0.1, 0.15) is 4.60 Å². The van der Waals surface area contributed by atoms with Crippen molar-refractivity contribution in [2.45, 2.75) is 12.8 Å². The highest BCUT2D eigenvalue weighted by Gasteiger charge is 2.34. The van der Waals surface area contributed by atoms with E-state index in [-0.39, 0.29) is 6.29 Å². The Labute approximate surface area is 99.7 Å². The van der Waals surface area contributed by atoms with Crippen molar-refractivity contribution in [3.63, 3.8) is 0 Å². The Morgan fingerprint density at radius 3 is 2.41 bits per heavy atom. The van der Waals surface area contributed by atoms with E-state index in [0.29, 0.717) is 6.20 Å². The Balaban J connectivity index is 3.33. The molecule has 0 radical (unpaired) electrons. The van der Waals surface area contributed by atoms with E-state index in [1.807, 2.05) is 0 Å². The van der Waals surface area contributed by atoms with Crippen LogP contribution in [0.4, 0.5) is 22.0 Å². The Bertz CT molecular complexity index is 435. The molecule has 17 heavy (non-hydrogen) atoms. The summed E-state index contributed by atoms with van der Waals surface area (Å²) in [4.78, 5) is 13.8. The molecule has 1 rings (SSSR count). The lowest BCUT2D eigenvalue weighted by Gasteiger charge is -2.13. The van der Waals surface area contributed by atoms with Crippen LogP contribution in [0, 0.1) is 0 Å². The van der Waals surface area contributed by atoms with E-state index in [0.717, 1.165) is 0 Å². The zero-order chi connectivity index (χ0) is 13.2. The summed E-state index contributed by atoms with van der Waals surface area (Å²) in [6.45, 7) is 0. The Hall–Kier alpha value is -1.25. The van der Waals surface area contributed by atoms with Crippen molar-refractivity contribution in [1.82, 2.24) is 4.98 Å². The van der Waals surface area contributed by atoms with E-state index < -0.39 is 34.3 Å². The fraction of sp³-hybridized carbons (Fsp3) is 0.250. The number of hydrogen-bond acceptors (Lipinski definition) is 3. The van der Waals surface area contributed by atoms with E-state index in [9.17, 15) is 26.7 Å². The first kappa shape index (κ1) is 13.8. The van der Waals surface area contributed by atoms with E-state index in [2.05, 4.69) is 25.7 Å². The van der Waals surface area contributed by atoms with Crippen LogP contribution in [0.1, 0.15) is 22.3 Å². The number of aldehydes is 1. The topological polar surface area (TPSA) is 39.2 Å². The van der Waals surface area contributed by atoms with Gasteiger partial charge in [0.2, 0.25) is 0 Å². The summed E-state index contributed by atoms with van der Waals surface area (Å²) in [6.07, 6.45) is -7.86. The molecule has 1 aromatic heterocycles. The number of carbonyl (C=O) groups excluding carboxylic acids is 1. The summed E-state index contributed by atoms with van der Waals surface area (Å²) in [5, 5.41) is 0. The van der Waals surface area contributed by atoms with Crippen molar-refractivity contribution in [3.8, 4) is 5.75 Å². The van der Waals surface area contributed by atoms with Crippen LogP contribution >= 0.6 is 15.9 Å². The minimum atomic E-state index is -5.09. The third kappa shape index (κ3) is 3.35. The molecular formula is C8H3BrF5NO2. The molecule has 0 aliphatic rings. The van der Waals surface area contributed by atoms with Crippen LogP contribution in [0.15, 0.2) is 10.8 Å². The van der Waals surface area contributed by atoms with Gasteiger partial charge in [0.15, 0.2) is 12.0 Å². The minimum Gasteiger partial charge on any atom is -0.403 e. The minimum absolute atomic E-state index is 0.144. The number of pyridine rings is 1.